The van der Waals surface area contributed by atoms with Crippen molar-refractivity contribution in [1.82, 2.24) is 9.80 Å². The molecule has 2 aliphatic rings. The molecule has 0 bridgehead atoms. The molecule has 192 valence electrons. The molecule has 8 nitrogen and oxygen atoms in total. The molecule has 2 fully saturated rings. The number of ether oxygens (including phenoxy) is 2. The van der Waals surface area contributed by atoms with Crippen molar-refractivity contribution in [2.24, 2.45) is 0 Å². The third-order valence-electron chi connectivity index (χ3n) is 5.85. The van der Waals surface area contributed by atoms with E-state index in [9.17, 15) is 14.4 Å². The number of thioether (sulfide) groups is 1. The number of amides is 3. The molecule has 10 heteroatoms. The van der Waals surface area contributed by atoms with Crippen LogP contribution in [0.2, 0.25) is 5.02 Å². The second kappa shape index (κ2) is 12.1. The van der Waals surface area contributed by atoms with E-state index >= 15 is 0 Å². The van der Waals surface area contributed by atoms with Crippen molar-refractivity contribution < 1.29 is 23.9 Å². The Balaban J connectivity index is 1.42. The normalized spacial score (nSPS) is 16.8. The summed E-state index contributed by atoms with van der Waals surface area (Å²) in [5.74, 6) is 2.29. The molecular formula is C27H26ClN3O5S. The molecule has 0 aliphatic carbocycles. The number of hydrogen-bond donors (Lipinski definition) is 0. The third kappa shape index (κ3) is 6.21. The Morgan fingerprint density at radius 1 is 1.14 bits per heavy atom. The molecule has 0 aromatic heterocycles. The minimum Gasteiger partial charge on any atom is -0.490 e. The molecule has 0 saturated carbocycles. The van der Waals surface area contributed by atoms with E-state index in [-0.39, 0.29) is 29.0 Å². The highest BCUT2D eigenvalue weighted by Gasteiger charge is 2.37. The van der Waals surface area contributed by atoms with E-state index in [1.165, 1.54) is 0 Å². The van der Waals surface area contributed by atoms with Crippen LogP contribution in [0, 0.1) is 12.3 Å². The van der Waals surface area contributed by atoms with Gasteiger partial charge in [0.1, 0.15) is 13.2 Å². The van der Waals surface area contributed by atoms with Gasteiger partial charge in [-0.25, -0.2) is 0 Å². The lowest BCUT2D eigenvalue weighted by molar-refractivity contribution is -0.136. The van der Waals surface area contributed by atoms with Crippen molar-refractivity contribution in [1.29, 1.82) is 0 Å². The largest absolute Gasteiger partial charge is 0.490 e. The smallest absolute Gasteiger partial charge is 0.294 e. The van der Waals surface area contributed by atoms with Gasteiger partial charge in [0.25, 0.3) is 11.1 Å². The SMILES string of the molecule is C#CCOc1c(Cl)cc(/C=C2/SC(=O)N(CC(=O)N3CCN(c4ccccc4)CC3)C2=O)cc1OCC. The van der Waals surface area contributed by atoms with Gasteiger partial charge in [0.2, 0.25) is 5.91 Å². The highest BCUT2D eigenvalue weighted by Crippen LogP contribution is 2.39. The maximum atomic E-state index is 13.0. The van der Waals surface area contributed by atoms with Crippen LogP contribution in [-0.2, 0) is 9.59 Å². The lowest BCUT2D eigenvalue weighted by Gasteiger charge is -2.36. The lowest BCUT2D eigenvalue weighted by Crippen LogP contribution is -2.51. The third-order valence-corrected chi connectivity index (χ3v) is 7.04. The Bertz CT molecular complexity index is 1250. The van der Waals surface area contributed by atoms with Gasteiger partial charge in [-0.2, -0.15) is 0 Å². The van der Waals surface area contributed by atoms with Gasteiger partial charge in [-0.3, -0.25) is 19.3 Å². The molecule has 4 rings (SSSR count). The average Bonchev–Trinajstić information content (AvgIpc) is 3.16. The molecule has 0 radical (unpaired) electrons. The van der Waals surface area contributed by atoms with Crippen LogP contribution in [0.5, 0.6) is 11.5 Å². The monoisotopic (exact) mass is 539 g/mol. The number of benzene rings is 2. The van der Waals surface area contributed by atoms with E-state index in [1.54, 1.807) is 23.1 Å². The summed E-state index contributed by atoms with van der Waals surface area (Å²) in [6, 6.07) is 13.2. The predicted octanol–water partition coefficient (Wildman–Crippen LogP) is 4.14. The Morgan fingerprint density at radius 3 is 2.54 bits per heavy atom. The maximum absolute atomic E-state index is 13.0. The number of nitrogens with zero attached hydrogens (tertiary/aromatic N) is 3. The minimum atomic E-state index is -0.520. The zero-order valence-corrected chi connectivity index (χ0v) is 21.9. The van der Waals surface area contributed by atoms with Crippen LogP contribution in [0.1, 0.15) is 12.5 Å². The molecule has 2 heterocycles. The van der Waals surface area contributed by atoms with Gasteiger partial charge in [-0.1, -0.05) is 35.7 Å². The Labute approximate surface area is 225 Å². The lowest BCUT2D eigenvalue weighted by atomic mass is 10.1. The van der Waals surface area contributed by atoms with Crippen LogP contribution in [0.4, 0.5) is 10.5 Å². The van der Waals surface area contributed by atoms with Gasteiger partial charge in [-0.05, 0) is 54.6 Å². The summed E-state index contributed by atoms with van der Waals surface area (Å²) in [6.07, 6.45) is 6.82. The summed E-state index contributed by atoms with van der Waals surface area (Å²) < 4.78 is 11.1. The first-order valence-corrected chi connectivity index (χ1v) is 13.0. The van der Waals surface area contributed by atoms with Crippen molar-refractivity contribution in [3.05, 3.63) is 58.0 Å². The molecule has 0 spiro atoms. The van der Waals surface area contributed by atoms with Gasteiger partial charge in [0.05, 0.1) is 16.5 Å². The van der Waals surface area contributed by atoms with Crippen molar-refractivity contribution in [3.63, 3.8) is 0 Å². The highest BCUT2D eigenvalue weighted by atomic mass is 35.5. The summed E-state index contributed by atoms with van der Waals surface area (Å²) in [6.45, 7) is 4.31. The molecule has 37 heavy (non-hydrogen) atoms. The van der Waals surface area contributed by atoms with Crippen LogP contribution >= 0.6 is 23.4 Å². The summed E-state index contributed by atoms with van der Waals surface area (Å²) >= 11 is 7.15. The molecule has 2 aliphatic heterocycles. The van der Waals surface area contributed by atoms with E-state index in [0.29, 0.717) is 49.8 Å². The summed E-state index contributed by atoms with van der Waals surface area (Å²) in [4.78, 5) is 43.6. The first kappa shape index (κ1) is 26.5. The van der Waals surface area contributed by atoms with Gasteiger partial charge in [-0.15, -0.1) is 6.42 Å². The summed E-state index contributed by atoms with van der Waals surface area (Å²) in [7, 11) is 0. The molecule has 2 aromatic rings. The number of para-hydroxylation sites is 1. The predicted molar refractivity (Wildman–Crippen MR) is 145 cm³/mol. The number of piperazine rings is 1. The Morgan fingerprint density at radius 2 is 1.86 bits per heavy atom. The van der Waals surface area contributed by atoms with E-state index in [0.717, 1.165) is 22.3 Å². The molecule has 2 aromatic carbocycles. The fourth-order valence-corrected chi connectivity index (χ4v) is 5.18. The van der Waals surface area contributed by atoms with Crippen LogP contribution in [0.3, 0.4) is 0 Å². The quantitative estimate of drug-likeness (QED) is 0.368. The number of anilines is 1. The number of terminal acetylenes is 1. The van der Waals surface area contributed by atoms with Crippen molar-refractivity contribution in [2.75, 3.05) is 50.8 Å². The highest BCUT2D eigenvalue weighted by molar-refractivity contribution is 8.18. The van der Waals surface area contributed by atoms with Gasteiger partial charge in [0.15, 0.2) is 11.5 Å². The molecule has 2 saturated heterocycles. The second-order valence-electron chi connectivity index (χ2n) is 8.23. The van der Waals surface area contributed by atoms with Gasteiger partial charge >= 0.3 is 0 Å². The Kier molecular flexibility index (Phi) is 8.64. The van der Waals surface area contributed by atoms with Crippen LogP contribution in [0.15, 0.2) is 47.4 Å². The van der Waals surface area contributed by atoms with E-state index in [2.05, 4.69) is 10.8 Å². The van der Waals surface area contributed by atoms with Gasteiger partial charge < -0.3 is 19.3 Å². The number of carbonyl (C=O) groups excluding carboxylic acids is 3. The topological polar surface area (TPSA) is 79.4 Å². The Hall–Kier alpha value is -3.61. The number of halogens is 1. The zero-order chi connectivity index (χ0) is 26.4. The molecular weight excluding hydrogens is 514 g/mol. The molecule has 0 atom stereocenters. The molecule has 3 amide bonds. The van der Waals surface area contributed by atoms with Crippen molar-refractivity contribution >= 4 is 52.2 Å². The van der Waals surface area contributed by atoms with Crippen LogP contribution in [-0.4, -0.2) is 72.8 Å². The first-order valence-electron chi connectivity index (χ1n) is 11.8. The zero-order valence-electron chi connectivity index (χ0n) is 20.3. The first-order chi connectivity index (χ1) is 17.9. The number of carbonyl (C=O) groups is 3. The van der Waals surface area contributed by atoms with Crippen molar-refractivity contribution in [2.45, 2.75) is 6.92 Å². The van der Waals surface area contributed by atoms with E-state index in [4.69, 9.17) is 27.5 Å². The van der Waals surface area contributed by atoms with E-state index in [1.807, 2.05) is 37.3 Å². The van der Waals surface area contributed by atoms with Crippen LogP contribution in [0.25, 0.3) is 6.08 Å². The van der Waals surface area contributed by atoms with Gasteiger partial charge in [0, 0.05) is 31.9 Å². The maximum Gasteiger partial charge on any atom is 0.294 e. The average molecular weight is 540 g/mol. The van der Waals surface area contributed by atoms with Crippen LogP contribution < -0.4 is 14.4 Å². The summed E-state index contributed by atoms with van der Waals surface area (Å²) in [5, 5.41) is -0.228. The molecule has 0 unspecified atom stereocenters. The fourth-order valence-electron chi connectivity index (χ4n) is 4.06. The standard InChI is InChI=1S/C27H26ClN3O5S/c1-3-14-36-25-21(28)15-19(16-22(25)35-4-2)17-23-26(33)31(27(34)37-23)18-24(32)30-12-10-29(11-13-30)20-8-6-5-7-9-20/h1,5-9,15-17H,4,10-14,18H2,2H3/b23-17+. The summed E-state index contributed by atoms with van der Waals surface area (Å²) in [5.41, 5.74) is 1.66. The number of hydrogen-bond acceptors (Lipinski definition) is 7. The molecule has 0 N–H and O–H groups in total. The second-order valence-corrected chi connectivity index (χ2v) is 9.63. The van der Waals surface area contributed by atoms with Crippen molar-refractivity contribution in [3.8, 4) is 23.8 Å². The number of imide groups is 1. The fraction of sp³-hybridized carbons (Fsp3) is 0.296. The minimum absolute atomic E-state index is 0.0212. The number of rotatable bonds is 8. The van der Waals surface area contributed by atoms with E-state index < -0.39 is 11.1 Å².